The summed E-state index contributed by atoms with van der Waals surface area (Å²) >= 11 is 0. The van der Waals surface area contributed by atoms with Crippen LogP contribution in [0.3, 0.4) is 0 Å². The van der Waals surface area contributed by atoms with Gasteiger partial charge >= 0.3 is 5.97 Å². The van der Waals surface area contributed by atoms with Crippen molar-refractivity contribution in [3.63, 3.8) is 0 Å². The summed E-state index contributed by atoms with van der Waals surface area (Å²) in [6, 6.07) is 3.87. The molecular weight excluding hydrogens is 337 g/mol. The summed E-state index contributed by atoms with van der Waals surface area (Å²) in [4.78, 5) is 24.0. The fourth-order valence-corrected chi connectivity index (χ4v) is 3.33. The number of halogens is 1. The summed E-state index contributed by atoms with van der Waals surface area (Å²) in [5.74, 6) is -2.29. The lowest BCUT2D eigenvalue weighted by Crippen LogP contribution is -2.44. The summed E-state index contributed by atoms with van der Waals surface area (Å²) in [7, 11) is 0. The molecule has 6 nitrogen and oxygen atoms in total. The molecule has 1 unspecified atom stereocenters. The molecule has 1 aliphatic rings. The van der Waals surface area contributed by atoms with Crippen LogP contribution in [0.2, 0.25) is 0 Å². The largest absolute Gasteiger partial charge is 0.480 e. The topological polar surface area (TPSA) is 84.2 Å². The van der Waals surface area contributed by atoms with Crippen LogP contribution in [0, 0.1) is 18.7 Å². The molecule has 1 atom stereocenters. The molecule has 138 valence electrons. The van der Waals surface area contributed by atoms with Crippen LogP contribution in [0.15, 0.2) is 18.2 Å². The Kier molecular flexibility index (Phi) is 4.80. The first-order valence-corrected chi connectivity index (χ1v) is 8.70. The zero-order valence-corrected chi connectivity index (χ0v) is 15.0. The molecule has 26 heavy (non-hydrogen) atoms. The van der Waals surface area contributed by atoms with Gasteiger partial charge in [-0.25, -0.2) is 13.9 Å². The molecule has 1 aromatic carbocycles. The fraction of sp³-hybridized carbons (Fsp3) is 0.421. The van der Waals surface area contributed by atoms with E-state index in [2.05, 4.69) is 10.4 Å². The number of nitrogens with one attached hydrogen (secondary N) is 1. The Morgan fingerprint density at radius 2 is 2.04 bits per heavy atom. The van der Waals surface area contributed by atoms with E-state index in [4.69, 9.17) is 0 Å². The zero-order valence-electron chi connectivity index (χ0n) is 15.0. The van der Waals surface area contributed by atoms with Crippen molar-refractivity contribution in [1.29, 1.82) is 0 Å². The number of aromatic nitrogens is 2. The molecule has 1 aromatic heterocycles. The van der Waals surface area contributed by atoms with Crippen molar-refractivity contribution in [2.24, 2.45) is 5.92 Å². The Bertz CT molecular complexity index is 873. The van der Waals surface area contributed by atoms with Gasteiger partial charge in [0.1, 0.15) is 17.5 Å². The van der Waals surface area contributed by atoms with Crippen molar-refractivity contribution in [2.45, 2.75) is 46.1 Å². The number of carbonyl (C=O) groups excluding carboxylic acids is 1. The third kappa shape index (κ3) is 3.21. The van der Waals surface area contributed by atoms with Gasteiger partial charge in [-0.2, -0.15) is 5.10 Å². The molecular formula is C19H22FN3O3. The quantitative estimate of drug-likeness (QED) is 0.860. The van der Waals surface area contributed by atoms with Crippen LogP contribution < -0.4 is 5.32 Å². The average molecular weight is 359 g/mol. The van der Waals surface area contributed by atoms with Gasteiger partial charge in [-0.05, 0) is 49.8 Å². The number of carboxylic acids is 1. The highest BCUT2D eigenvalue weighted by molar-refractivity contribution is 5.96. The Balaban J connectivity index is 2.00. The predicted octanol–water partition coefficient (Wildman–Crippen LogP) is 2.65. The lowest BCUT2D eigenvalue weighted by atomic mass is 10.0. The monoisotopic (exact) mass is 359 g/mol. The lowest BCUT2D eigenvalue weighted by molar-refractivity contribution is -0.140. The minimum absolute atomic E-state index is 0.185. The van der Waals surface area contributed by atoms with Gasteiger partial charge in [0.25, 0.3) is 5.91 Å². The second kappa shape index (κ2) is 6.90. The molecule has 2 N–H and O–H groups in total. The molecule has 1 amide bonds. The van der Waals surface area contributed by atoms with E-state index >= 15 is 0 Å². The number of benzene rings is 1. The second-order valence-corrected chi connectivity index (χ2v) is 7.03. The van der Waals surface area contributed by atoms with Gasteiger partial charge in [0.2, 0.25) is 0 Å². The van der Waals surface area contributed by atoms with Crippen molar-refractivity contribution in [2.75, 3.05) is 0 Å². The molecule has 1 aliphatic carbocycles. The van der Waals surface area contributed by atoms with Gasteiger partial charge in [-0.15, -0.1) is 0 Å². The number of nitrogens with zero attached hydrogens (tertiary/aromatic N) is 2. The third-order valence-electron chi connectivity index (χ3n) is 4.70. The first-order chi connectivity index (χ1) is 12.3. The Labute approximate surface area is 151 Å². The molecule has 0 radical (unpaired) electrons. The molecule has 3 rings (SSSR count). The molecule has 7 heteroatoms. The normalized spacial score (nSPS) is 14.3. The van der Waals surface area contributed by atoms with Gasteiger partial charge in [-0.1, -0.05) is 19.9 Å². The number of aliphatic carboxylic acids is 1. The molecule has 0 aliphatic heterocycles. The SMILES string of the molecule is Cc1ccc(-n2nc(C(=O)NC(C(=O)O)C(C)C)c3c2CCC3)c(F)c1. The van der Waals surface area contributed by atoms with Crippen molar-refractivity contribution >= 4 is 11.9 Å². The first kappa shape index (κ1) is 18.1. The predicted molar refractivity (Wildman–Crippen MR) is 94.0 cm³/mol. The minimum atomic E-state index is -1.09. The van der Waals surface area contributed by atoms with E-state index in [9.17, 15) is 19.1 Å². The maximum Gasteiger partial charge on any atom is 0.326 e. The van der Waals surface area contributed by atoms with E-state index < -0.39 is 23.7 Å². The number of carbonyl (C=O) groups is 2. The van der Waals surface area contributed by atoms with E-state index in [1.807, 2.05) is 0 Å². The van der Waals surface area contributed by atoms with Gasteiger partial charge in [0.05, 0.1) is 0 Å². The number of hydrogen-bond acceptors (Lipinski definition) is 3. The van der Waals surface area contributed by atoms with Crippen LogP contribution in [0.4, 0.5) is 4.39 Å². The number of hydrogen-bond donors (Lipinski definition) is 2. The second-order valence-electron chi connectivity index (χ2n) is 7.03. The van der Waals surface area contributed by atoms with Crippen LogP contribution >= 0.6 is 0 Å². The molecule has 1 heterocycles. The highest BCUT2D eigenvalue weighted by atomic mass is 19.1. The van der Waals surface area contributed by atoms with E-state index in [1.54, 1.807) is 32.9 Å². The van der Waals surface area contributed by atoms with Crippen LogP contribution in [0.1, 0.15) is 47.6 Å². The van der Waals surface area contributed by atoms with Gasteiger partial charge in [-0.3, -0.25) is 4.79 Å². The van der Waals surface area contributed by atoms with Crippen molar-refractivity contribution in [3.05, 3.63) is 46.5 Å². The summed E-state index contributed by atoms with van der Waals surface area (Å²) < 4.78 is 15.9. The maximum atomic E-state index is 14.4. The number of fused-ring (bicyclic) bond motifs is 1. The molecule has 0 fully saturated rings. The summed E-state index contributed by atoms with van der Waals surface area (Å²) in [6.07, 6.45) is 2.23. The standard InChI is InChI=1S/C19H22FN3O3/c1-10(2)16(19(25)26)21-18(24)17-12-5-4-6-14(12)23(22-17)15-8-7-11(3)9-13(15)20/h7-10,16H,4-6H2,1-3H3,(H,21,24)(H,25,26). The van der Waals surface area contributed by atoms with Crippen molar-refractivity contribution in [3.8, 4) is 5.69 Å². The molecule has 0 saturated heterocycles. The summed E-state index contributed by atoms with van der Waals surface area (Å²) in [5, 5.41) is 16.2. The molecule has 0 spiro atoms. The molecule has 2 aromatic rings. The van der Waals surface area contributed by atoms with Crippen LogP contribution in [-0.2, 0) is 17.6 Å². The van der Waals surface area contributed by atoms with Crippen LogP contribution in [0.5, 0.6) is 0 Å². The Hall–Kier alpha value is -2.70. The number of carboxylic acid groups (broad SMARTS) is 1. The highest BCUT2D eigenvalue weighted by Gasteiger charge is 2.31. The number of aryl methyl sites for hydroxylation is 1. The van der Waals surface area contributed by atoms with E-state index in [-0.39, 0.29) is 11.6 Å². The summed E-state index contributed by atoms with van der Waals surface area (Å²) in [5.41, 5.74) is 2.87. The Morgan fingerprint density at radius 1 is 1.31 bits per heavy atom. The highest BCUT2D eigenvalue weighted by Crippen LogP contribution is 2.29. The van der Waals surface area contributed by atoms with Crippen molar-refractivity contribution in [1.82, 2.24) is 15.1 Å². The summed E-state index contributed by atoms with van der Waals surface area (Å²) in [6.45, 7) is 5.25. The average Bonchev–Trinajstić information content (AvgIpc) is 3.14. The van der Waals surface area contributed by atoms with Crippen molar-refractivity contribution < 1.29 is 19.1 Å². The van der Waals surface area contributed by atoms with E-state index in [1.165, 1.54) is 10.7 Å². The van der Waals surface area contributed by atoms with E-state index in [0.717, 1.165) is 23.2 Å². The zero-order chi connectivity index (χ0) is 19.0. The Morgan fingerprint density at radius 3 is 2.65 bits per heavy atom. The molecule has 0 bridgehead atoms. The van der Waals surface area contributed by atoms with E-state index in [0.29, 0.717) is 18.5 Å². The number of amides is 1. The molecule has 0 saturated carbocycles. The minimum Gasteiger partial charge on any atom is -0.480 e. The smallest absolute Gasteiger partial charge is 0.326 e. The van der Waals surface area contributed by atoms with Gasteiger partial charge < -0.3 is 10.4 Å². The maximum absolute atomic E-state index is 14.4. The number of rotatable bonds is 5. The first-order valence-electron chi connectivity index (χ1n) is 8.70. The van der Waals surface area contributed by atoms with Gasteiger partial charge in [0.15, 0.2) is 5.69 Å². The van der Waals surface area contributed by atoms with Crippen LogP contribution in [-0.4, -0.2) is 32.8 Å². The van der Waals surface area contributed by atoms with Gasteiger partial charge in [0, 0.05) is 11.3 Å². The fourth-order valence-electron chi connectivity index (χ4n) is 3.33. The van der Waals surface area contributed by atoms with Crippen LogP contribution in [0.25, 0.3) is 5.69 Å². The third-order valence-corrected chi connectivity index (χ3v) is 4.70. The lowest BCUT2D eigenvalue weighted by Gasteiger charge is -2.17.